The first kappa shape index (κ1) is 18.6. The summed E-state index contributed by atoms with van der Waals surface area (Å²) < 4.78 is 11.6. The molecule has 1 aromatic rings. The van der Waals surface area contributed by atoms with Crippen molar-refractivity contribution in [1.29, 1.82) is 0 Å². The normalized spacial score (nSPS) is 17.6. The summed E-state index contributed by atoms with van der Waals surface area (Å²) in [6, 6.07) is 7.10. The van der Waals surface area contributed by atoms with Gasteiger partial charge in [-0.05, 0) is 25.0 Å². The lowest BCUT2D eigenvalue weighted by Crippen LogP contribution is -2.50. The molecule has 1 aromatic carbocycles. The zero-order chi connectivity index (χ0) is 15.4. The lowest BCUT2D eigenvalue weighted by molar-refractivity contribution is -0.134. The summed E-state index contributed by atoms with van der Waals surface area (Å²) in [6.45, 7) is 7.39. The number of fused-ring (bicyclic) bond motifs is 1. The molecule has 1 heterocycles. The third kappa shape index (κ3) is 4.27. The largest absolute Gasteiger partial charge is 0.486 e. The van der Waals surface area contributed by atoms with Gasteiger partial charge in [-0.15, -0.1) is 12.4 Å². The van der Waals surface area contributed by atoms with Crippen LogP contribution in [0, 0.1) is 5.92 Å². The van der Waals surface area contributed by atoms with Crippen molar-refractivity contribution in [2.24, 2.45) is 11.7 Å². The Bertz CT molecular complexity index is 496. The van der Waals surface area contributed by atoms with E-state index in [2.05, 4.69) is 0 Å². The van der Waals surface area contributed by atoms with E-state index in [1.54, 1.807) is 4.90 Å². The number of halogens is 1. The molecule has 1 aliphatic rings. The van der Waals surface area contributed by atoms with Gasteiger partial charge in [0.05, 0.1) is 12.6 Å². The summed E-state index contributed by atoms with van der Waals surface area (Å²) in [4.78, 5) is 14.1. The van der Waals surface area contributed by atoms with Crippen LogP contribution >= 0.6 is 12.4 Å². The molecule has 1 amide bonds. The average Bonchev–Trinajstić information content (AvgIpc) is 2.50. The van der Waals surface area contributed by atoms with E-state index in [9.17, 15) is 4.79 Å². The maximum absolute atomic E-state index is 12.3. The summed E-state index contributed by atoms with van der Waals surface area (Å²) in [5, 5.41) is 0. The number of carbonyl (C=O) groups is 1. The number of likely N-dealkylation sites (N-methyl/N-ethyl adjacent to an activating group) is 1. The maximum Gasteiger partial charge on any atom is 0.239 e. The van der Waals surface area contributed by atoms with Gasteiger partial charge in [-0.1, -0.05) is 26.0 Å². The first-order valence-corrected chi connectivity index (χ1v) is 7.45. The van der Waals surface area contributed by atoms with E-state index in [0.717, 1.165) is 11.5 Å². The number of rotatable bonds is 5. The Morgan fingerprint density at radius 3 is 2.59 bits per heavy atom. The minimum absolute atomic E-state index is 0. The van der Waals surface area contributed by atoms with Crippen molar-refractivity contribution in [2.45, 2.75) is 32.9 Å². The van der Waals surface area contributed by atoms with E-state index < -0.39 is 6.04 Å². The Hall–Kier alpha value is -1.46. The number of hydrogen-bond acceptors (Lipinski definition) is 4. The van der Waals surface area contributed by atoms with Crippen LogP contribution in [-0.2, 0) is 4.79 Å². The minimum Gasteiger partial charge on any atom is -0.486 e. The predicted molar refractivity (Wildman–Crippen MR) is 88.7 cm³/mol. The van der Waals surface area contributed by atoms with Gasteiger partial charge in [0.25, 0.3) is 0 Å². The van der Waals surface area contributed by atoms with Gasteiger partial charge in [-0.3, -0.25) is 4.79 Å². The maximum atomic E-state index is 12.3. The van der Waals surface area contributed by atoms with Crippen molar-refractivity contribution in [1.82, 2.24) is 4.90 Å². The molecule has 22 heavy (non-hydrogen) atoms. The molecule has 0 radical (unpaired) electrons. The van der Waals surface area contributed by atoms with Gasteiger partial charge in [-0.25, -0.2) is 0 Å². The van der Waals surface area contributed by atoms with E-state index >= 15 is 0 Å². The van der Waals surface area contributed by atoms with Crippen LogP contribution in [0.25, 0.3) is 0 Å². The van der Waals surface area contributed by atoms with Gasteiger partial charge >= 0.3 is 0 Å². The number of ether oxygens (including phenoxy) is 2. The van der Waals surface area contributed by atoms with E-state index in [1.807, 2.05) is 45.0 Å². The van der Waals surface area contributed by atoms with Gasteiger partial charge in [0.15, 0.2) is 17.6 Å². The summed E-state index contributed by atoms with van der Waals surface area (Å²) in [5.41, 5.74) is 5.95. The zero-order valence-corrected chi connectivity index (χ0v) is 14.1. The number of amides is 1. The van der Waals surface area contributed by atoms with E-state index in [4.69, 9.17) is 15.2 Å². The van der Waals surface area contributed by atoms with Crippen LogP contribution in [0.1, 0.15) is 20.8 Å². The molecule has 2 N–H and O–H groups in total. The second-order valence-electron chi connectivity index (χ2n) is 5.64. The minimum atomic E-state index is -0.471. The molecule has 5 nitrogen and oxygen atoms in total. The fraction of sp³-hybridized carbons (Fsp3) is 0.562. The monoisotopic (exact) mass is 328 g/mol. The molecule has 124 valence electrons. The smallest absolute Gasteiger partial charge is 0.239 e. The molecular formula is C16H25ClN2O3. The Balaban J connectivity index is 0.00000242. The highest BCUT2D eigenvalue weighted by Gasteiger charge is 2.28. The highest BCUT2D eigenvalue weighted by Crippen LogP contribution is 2.31. The molecule has 0 spiro atoms. The molecule has 0 aromatic heterocycles. The molecule has 2 atom stereocenters. The molecule has 0 aliphatic carbocycles. The van der Waals surface area contributed by atoms with Crippen LogP contribution in [0.4, 0.5) is 0 Å². The highest BCUT2D eigenvalue weighted by atomic mass is 35.5. The Morgan fingerprint density at radius 1 is 1.36 bits per heavy atom. The standard InChI is InChI=1S/C16H24N2O3.ClH/c1-4-18(16(19)15(17)11(2)3)9-12-10-20-13-7-5-6-8-14(13)21-12;/h5-8,11-12,15H,4,9-10,17H2,1-3H3;1H/t12?,15-;/m1./s1. The van der Waals surface area contributed by atoms with Crippen molar-refractivity contribution < 1.29 is 14.3 Å². The molecule has 2 rings (SSSR count). The SMILES string of the molecule is CCN(CC1COc2ccccc2O1)C(=O)[C@H](N)C(C)C.Cl. The Morgan fingerprint density at radius 2 is 2.00 bits per heavy atom. The molecule has 0 bridgehead atoms. The number of nitrogens with zero attached hydrogens (tertiary/aromatic N) is 1. The van der Waals surface area contributed by atoms with E-state index in [1.165, 1.54) is 0 Å². The van der Waals surface area contributed by atoms with Crippen molar-refractivity contribution in [3.05, 3.63) is 24.3 Å². The molecule has 6 heteroatoms. The second kappa shape index (κ2) is 8.25. The summed E-state index contributed by atoms with van der Waals surface area (Å²) in [5.74, 6) is 1.57. The number of carbonyl (C=O) groups excluding carboxylic acids is 1. The molecule has 0 fully saturated rings. The van der Waals surface area contributed by atoms with Crippen molar-refractivity contribution in [3.63, 3.8) is 0 Å². The first-order valence-electron chi connectivity index (χ1n) is 7.45. The van der Waals surface area contributed by atoms with Crippen molar-refractivity contribution in [3.8, 4) is 11.5 Å². The van der Waals surface area contributed by atoms with Crippen LogP contribution in [0.15, 0.2) is 24.3 Å². The van der Waals surface area contributed by atoms with Gasteiger partial charge in [-0.2, -0.15) is 0 Å². The molecular weight excluding hydrogens is 304 g/mol. The number of para-hydroxylation sites is 2. The first-order chi connectivity index (χ1) is 10.0. The van der Waals surface area contributed by atoms with E-state index in [-0.39, 0.29) is 30.3 Å². The average molecular weight is 329 g/mol. The summed E-state index contributed by atoms with van der Waals surface area (Å²) in [7, 11) is 0. The molecule has 1 unspecified atom stereocenters. The summed E-state index contributed by atoms with van der Waals surface area (Å²) in [6.07, 6.45) is -0.164. The molecule has 1 aliphatic heterocycles. The van der Waals surface area contributed by atoms with Gasteiger partial charge in [0.1, 0.15) is 6.61 Å². The predicted octanol–water partition coefficient (Wildman–Crippen LogP) is 2.08. The number of hydrogen-bond donors (Lipinski definition) is 1. The lowest BCUT2D eigenvalue weighted by atomic mass is 10.0. The van der Waals surface area contributed by atoms with Crippen LogP contribution in [0.2, 0.25) is 0 Å². The van der Waals surface area contributed by atoms with E-state index in [0.29, 0.717) is 19.7 Å². The van der Waals surface area contributed by atoms with Crippen LogP contribution < -0.4 is 15.2 Å². The highest BCUT2D eigenvalue weighted by molar-refractivity contribution is 5.85. The van der Waals surface area contributed by atoms with Crippen LogP contribution in [-0.4, -0.2) is 42.6 Å². The lowest BCUT2D eigenvalue weighted by Gasteiger charge is -2.32. The fourth-order valence-corrected chi connectivity index (χ4v) is 2.27. The Kier molecular flexibility index (Phi) is 6.97. The third-order valence-electron chi connectivity index (χ3n) is 3.69. The zero-order valence-electron chi connectivity index (χ0n) is 13.3. The topological polar surface area (TPSA) is 64.8 Å². The van der Waals surface area contributed by atoms with Gasteiger partial charge in [0.2, 0.25) is 5.91 Å². The van der Waals surface area contributed by atoms with Crippen LogP contribution in [0.5, 0.6) is 11.5 Å². The summed E-state index contributed by atoms with van der Waals surface area (Å²) >= 11 is 0. The van der Waals surface area contributed by atoms with Crippen molar-refractivity contribution in [2.75, 3.05) is 19.7 Å². The van der Waals surface area contributed by atoms with Crippen LogP contribution in [0.3, 0.4) is 0 Å². The fourth-order valence-electron chi connectivity index (χ4n) is 2.27. The second-order valence-corrected chi connectivity index (χ2v) is 5.64. The molecule has 0 saturated heterocycles. The third-order valence-corrected chi connectivity index (χ3v) is 3.69. The van der Waals surface area contributed by atoms with Crippen molar-refractivity contribution >= 4 is 18.3 Å². The molecule has 0 saturated carbocycles. The quantitative estimate of drug-likeness (QED) is 0.898. The number of benzene rings is 1. The van der Waals surface area contributed by atoms with Gasteiger partial charge in [0, 0.05) is 6.54 Å². The Labute approximate surface area is 138 Å². The van der Waals surface area contributed by atoms with Gasteiger partial charge < -0.3 is 20.1 Å². The number of nitrogens with two attached hydrogens (primary N) is 1.